The highest BCUT2D eigenvalue weighted by Crippen LogP contribution is 2.24. The van der Waals surface area contributed by atoms with E-state index < -0.39 is 0 Å². The topological polar surface area (TPSA) is 61.0 Å². The van der Waals surface area contributed by atoms with Crippen LogP contribution in [0, 0.1) is 6.92 Å². The summed E-state index contributed by atoms with van der Waals surface area (Å²) in [5.74, 6) is 1.56. The normalized spacial score (nSPS) is 20.4. The fourth-order valence-corrected chi connectivity index (χ4v) is 2.11. The first-order chi connectivity index (χ1) is 7.70. The fourth-order valence-electron chi connectivity index (χ4n) is 2.11. The van der Waals surface area contributed by atoms with Crippen LogP contribution >= 0.6 is 0 Å². The van der Waals surface area contributed by atoms with Gasteiger partial charge in [0.05, 0.1) is 6.54 Å². The Bertz CT molecular complexity index is 374. The van der Waals surface area contributed by atoms with E-state index in [-0.39, 0.29) is 5.91 Å². The smallest absolute Gasteiger partial charge is 0.236 e. The number of imidazole rings is 1. The Hall–Kier alpha value is -1.36. The van der Waals surface area contributed by atoms with E-state index >= 15 is 0 Å². The number of carbonyl (C=O) groups is 1. The Labute approximate surface area is 95.2 Å². The lowest BCUT2D eigenvalue weighted by Crippen LogP contribution is -2.35. The van der Waals surface area contributed by atoms with E-state index in [0.717, 1.165) is 31.0 Å². The number of nitrogens with one attached hydrogen (secondary N) is 2. The Morgan fingerprint density at radius 1 is 1.75 bits per heavy atom. The average Bonchev–Trinajstić information content (AvgIpc) is 2.85. The van der Waals surface area contributed by atoms with Crippen LogP contribution in [0.4, 0.5) is 0 Å². The van der Waals surface area contributed by atoms with Crippen molar-refractivity contribution in [2.45, 2.75) is 19.3 Å². The van der Waals surface area contributed by atoms with Crippen LogP contribution in [0.3, 0.4) is 0 Å². The van der Waals surface area contributed by atoms with E-state index in [1.165, 1.54) is 0 Å². The molecule has 0 spiro atoms. The zero-order valence-electron chi connectivity index (χ0n) is 9.79. The zero-order valence-corrected chi connectivity index (χ0v) is 9.79. The van der Waals surface area contributed by atoms with Gasteiger partial charge in [-0.15, -0.1) is 0 Å². The van der Waals surface area contributed by atoms with Gasteiger partial charge in [-0.3, -0.25) is 4.79 Å². The second-order valence-corrected chi connectivity index (χ2v) is 4.31. The van der Waals surface area contributed by atoms with Crippen LogP contribution in [0.5, 0.6) is 0 Å². The van der Waals surface area contributed by atoms with Crippen LogP contribution in [0.25, 0.3) is 0 Å². The second kappa shape index (κ2) is 4.65. The number of carbonyl (C=O) groups excluding carboxylic acids is 1. The summed E-state index contributed by atoms with van der Waals surface area (Å²) in [5, 5.41) is 2.89. The van der Waals surface area contributed by atoms with Gasteiger partial charge in [0.1, 0.15) is 5.82 Å². The van der Waals surface area contributed by atoms with Crippen LogP contribution in [0.1, 0.15) is 23.9 Å². The Morgan fingerprint density at radius 3 is 3.19 bits per heavy atom. The highest BCUT2D eigenvalue weighted by Gasteiger charge is 2.28. The summed E-state index contributed by atoms with van der Waals surface area (Å²) in [6.07, 6.45) is 2.84. The van der Waals surface area contributed by atoms with Crippen LogP contribution in [0.15, 0.2) is 6.20 Å². The quantitative estimate of drug-likeness (QED) is 0.771. The molecule has 2 heterocycles. The molecule has 1 fully saturated rings. The molecule has 0 aromatic carbocycles. The first kappa shape index (κ1) is 11.1. The van der Waals surface area contributed by atoms with Gasteiger partial charge in [0, 0.05) is 30.9 Å². The predicted molar refractivity (Wildman–Crippen MR) is 61.2 cm³/mol. The molecular weight excluding hydrogens is 204 g/mol. The number of likely N-dealkylation sites (N-methyl/N-ethyl adjacent to an activating group) is 1. The zero-order chi connectivity index (χ0) is 11.5. The number of aromatic nitrogens is 2. The summed E-state index contributed by atoms with van der Waals surface area (Å²) in [7, 11) is 1.79. The van der Waals surface area contributed by atoms with Crippen molar-refractivity contribution in [3.63, 3.8) is 0 Å². The minimum atomic E-state index is 0.174. The van der Waals surface area contributed by atoms with E-state index in [2.05, 4.69) is 15.3 Å². The molecule has 0 bridgehead atoms. The molecule has 0 aliphatic carbocycles. The summed E-state index contributed by atoms with van der Waals surface area (Å²) in [5.41, 5.74) is 1.08. The molecule has 5 heteroatoms. The summed E-state index contributed by atoms with van der Waals surface area (Å²) >= 11 is 0. The maximum Gasteiger partial charge on any atom is 0.236 e. The number of aromatic amines is 1. The standard InChI is InChI=1S/C11H18N4O/c1-8-5-13-11(14-8)9-3-4-15(7-9)10(16)6-12-2/h5,9,12H,3-4,6-7H2,1-2H3,(H,13,14)/t9-/m1/s1. The molecule has 88 valence electrons. The molecule has 1 aliphatic heterocycles. The van der Waals surface area contributed by atoms with Gasteiger partial charge in [0.15, 0.2) is 0 Å². The third kappa shape index (κ3) is 2.24. The molecule has 1 aliphatic rings. The first-order valence-electron chi connectivity index (χ1n) is 5.64. The third-order valence-corrected chi connectivity index (χ3v) is 2.98. The molecule has 16 heavy (non-hydrogen) atoms. The summed E-state index contributed by atoms with van der Waals surface area (Å²) in [4.78, 5) is 21.1. The van der Waals surface area contributed by atoms with E-state index in [1.807, 2.05) is 18.0 Å². The van der Waals surface area contributed by atoms with Crippen LogP contribution in [-0.4, -0.2) is 47.5 Å². The van der Waals surface area contributed by atoms with Crippen molar-refractivity contribution >= 4 is 5.91 Å². The molecule has 2 rings (SSSR count). The third-order valence-electron chi connectivity index (χ3n) is 2.98. The fraction of sp³-hybridized carbons (Fsp3) is 0.636. The highest BCUT2D eigenvalue weighted by atomic mass is 16.2. The van der Waals surface area contributed by atoms with E-state index in [4.69, 9.17) is 0 Å². The van der Waals surface area contributed by atoms with Gasteiger partial charge in [-0.1, -0.05) is 0 Å². The molecule has 1 amide bonds. The lowest BCUT2D eigenvalue weighted by atomic mass is 10.1. The van der Waals surface area contributed by atoms with Crippen molar-refractivity contribution in [2.24, 2.45) is 0 Å². The number of hydrogen-bond acceptors (Lipinski definition) is 3. The van der Waals surface area contributed by atoms with Crippen molar-refractivity contribution in [3.8, 4) is 0 Å². The Balaban J connectivity index is 1.95. The molecule has 1 aromatic heterocycles. The van der Waals surface area contributed by atoms with Crippen molar-refractivity contribution in [3.05, 3.63) is 17.7 Å². The van der Waals surface area contributed by atoms with Crippen molar-refractivity contribution in [1.82, 2.24) is 20.2 Å². The highest BCUT2D eigenvalue weighted by molar-refractivity contribution is 5.78. The molecule has 1 saturated heterocycles. The van der Waals surface area contributed by atoms with Crippen LogP contribution in [-0.2, 0) is 4.79 Å². The lowest BCUT2D eigenvalue weighted by Gasteiger charge is -2.15. The maximum absolute atomic E-state index is 11.7. The number of rotatable bonds is 3. The summed E-state index contributed by atoms with van der Waals surface area (Å²) < 4.78 is 0. The molecule has 5 nitrogen and oxygen atoms in total. The molecule has 2 N–H and O–H groups in total. The molecule has 0 radical (unpaired) electrons. The Kier molecular flexibility index (Phi) is 3.24. The second-order valence-electron chi connectivity index (χ2n) is 4.31. The summed E-state index contributed by atoms with van der Waals surface area (Å²) in [6, 6.07) is 0. The molecule has 1 atom stereocenters. The maximum atomic E-state index is 11.7. The number of hydrogen-bond donors (Lipinski definition) is 2. The number of aryl methyl sites for hydroxylation is 1. The first-order valence-corrected chi connectivity index (χ1v) is 5.64. The van der Waals surface area contributed by atoms with E-state index in [1.54, 1.807) is 7.05 Å². The average molecular weight is 222 g/mol. The minimum Gasteiger partial charge on any atom is -0.346 e. The SMILES string of the molecule is CNCC(=O)N1CC[C@@H](c2ncc(C)[nH]2)C1. The van der Waals surface area contributed by atoms with Gasteiger partial charge >= 0.3 is 0 Å². The van der Waals surface area contributed by atoms with Gasteiger partial charge < -0.3 is 15.2 Å². The van der Waals surface area contributed by atoms with Crippen LogP contribution in [0.2, 0.25) is 0 Å². The number of amides is 1. The monoisotopic (exact) mass is 222 g/mol. The van der Waals surface area contributed by atoms with Crippen molar-refractivity contribution < 1.29 is 4.79 Å². The van der Waals surface area contributed by atoms with Gasteiger partial charge in [-0.25, -0.2) is 4.98 Å². The molecule has 1 aromatic rings. The van der Waals surface area contributed by atoms with Crippen molar-refractivity contribution in [1.29, 1.82) is 0 Å². The summed E-state index contributed by atoms with van der Waals surface area (Å²) in [6.45, 7) is 4.04. The van der Waals surface area contributed by atoms with E-state index in [0.29, 0.717) is 12.5 Å². The number of H-pyrrole nitrogens is 1. The van der Waals surface area contributed by atoms with Crippen molar-refractivity contribution in [2.75, 3.05) is 26.7 Å². The van der Waals surface area contributed by atoms with Gasteiger partial charge in [0.25, 0.3) is 0 Å². The number of nitrogens with zero attached hydrogens (tertiary/aromatic N) is 2. The van der Waals surface area contributed by atoms with Gasteiger partial charge in [0.2, 0.25) is 5.91 Å². The van der Waals surface area contributed by atoms with E-state index in [9.17, 15) is 4.79 Å². The molecule has 0 saturated carbocycles. The van der Waals surface area contributed by atoms with Crippen LogP contribution < -0.4 is 5.32 Å². The predicted octanol–water partition coefficient (Wildman–Crippen LogP) is 0.253. The lowest BCUT2D eigenvalue weighted by molar-refractivity contribution is -0.129. The Morgan fingerprint density at radius 2 is 2.56 bits per heavy atom. The number of likely N-dealkylation sites (tertiary alicyclic amines) is 1. The largest absolute Gasteiger partial charge is 0.346 e. The minimum absolute atomic E-state index is 0.174. The molecular formula is C11H18N4O. The molecule has 0 unspecified atom stereocenters. The van der Waals surface area contributed by atoms with Gasteiger partial charge in [-0.2, -0.15) is 0 Å². The van der Waals surface area contributed by atoms with Gasteiger partial charge in [-0.05, 0) is 20.4 Å².